The second kappa shape index (κ2) is 4.17. The van der Waals surface area contributed by atoms with E-state index in [2.05, 4.69) is 64.7 Å². The Bertz CT molecular complexity index is 439. The standard InChI is InChI=1S/C16H24OP/c1-15(2)11-13(17)12-16(3,4)18(15,5)14-9-7-6-8-10-14/h6-10H,11-12H2,1-5H3/q+1. The van der Waals surface area contributed by atoms with Crippen LogP contribution < -0.4 is 5.30 Å². The number of hydrogen-bond acceptors (Lipinski definition) is 1. The molecule has 1 aliphatic heterocycles. The van der Waals surface area contributed by atoms with Crippen molar-refractivity contribution in [3.05, 3.63) is 30.3 Å². The van der Waals surface area contributed by atoms with Crippen molar-refractivity contribution in [2.75, 3.05) is 6.66 Å². The second-order valence-corrected chi connectivity index (χ2v) is 11.8. The lowest BCUT2D eigenvalue weighted by Crippen LogP contribution is -2.49. The van der Waals surface area contributed by atoms with Crippen molar-refractivity contribution in [2.45, 2.75) is 50.8 Å². The van der Waals surface area contributed by atoms with Crippen molar-refractivity contribution in [1.29, 1.82) is 0 Å². The summed E-state index contributed by atoms with van der Waals surface area (Å²) in [6.07, 6.45) is 1.46. The minimum atomic E-state index is -1.38. The van der Waals surface area contributed by atoms with Crippen molar-refractivity contribution >= 4 is 18.4 Å². The molecule has 2 heteroatoms. The van der Waals surface area contributed by atoms with E-state index in [4.69, 9.17) is 0 Å². The molecule has 0 atom stereocenters. The van der Waals surface area contributed by atoms with Crippen LogP contribution in [0.1, 0.15) is 40.5 Å². The Labute approximate surface area is 111 Å². The van der Waals surface area contributed by atoms with Gasteiger partial charge in [0.05, 0.1) is 29.5 Å². The van der Waals surface area contributed by atoms with Crippen LogP contribution in [0.25, 0.3) is 0 Å². The van der Waals surface area contributed by atoms with E-state index in [9.17, 15) is 4.79 Å². The fourth-order valence-electron chi connectivity index (χ4n) is 3.59. The number of carbonyl (C=O) groups is 1. The summed E-state index contributed by atoms with van der Waals surface area (Å²) in [6.45, 7) is 11.6. The van der Waals surface area contributed by atoms with Crippen LogP contribution in [0.5, 0.6) is 0 Å². The summed E-state index contributed by atoms with van der Waals surface area (Å²) in [4.78, 5) is 12.0. The number of benzene rings is 1. The first-order valence-electron chi connectivity index (χ1n) is 6.65. The average Bonchev–Trinajstić information content (AvgIpc) is 2.25. The Hall–Kier alpha value is -0.680. The van der Waals surface area contributed by atoms with Crippen LogP contribution in [0.2, 0.25) is 0 Å². The predicted molar refractivity (Wildman–Crippen MR) is 81.3 cm³/mol. The third kappa shape index (κ3) is 1.84. The summed E-state index contributed by atoms with van der Waals surface area (Å²) in [6, 6.07) is 10.8. The summed E-state index contributed by atoms with van der Waals surface area (Å²) < 4.78 is 0. The van der Waals surface area contributed by atoms with Crippen LogP contribution in [-0.4, -0.2) is 22.8 Å². The highest BCUT2D eigenvalue weighted by Crippen LogP contribution is 2.77. The van der Waals surface area contributed by atoms with Gasteiger partial charge in [0, 0.05) is 12.8 Å². The van der Waals surface area contributed by atoms with Gasteiger partial charge in [-0.25, -0.2) is 0 Å². The summed E-state index contributed by atoms with van der Waals surface area (Å²) in [5, 5.41) is 1.67. The Morgan fingerprint density at radius 2 is 1.39 bits per heavy atom. The minimum Gasteiger partial charge on any atom is -0.299 e. The van der Waals surface area contributed by atoms with Crippen LogP contribution in [0.15, 0.2) is 30.3 Å². The molecule has 1 saturated heterocycles. The predicted octanol–water partition coefficient (Wildman–Crippen LogP) is 3.88. The summed E-state index contributed by atoms with van der Waals surface area (Å²) in [7, 11) is -1.38. The maximum Gasteiger partial charge on any atom is 0.141 e. The smallest absolute Gasteiger partial charge is 0.141 e. The van der Waals surface area contributed by atoms with Gasteiger partial charge < -0.3 is 0 Å². The van der Waals surface area contributed by atoms with E-state index in [0.717, 1.165) is 12.8 Å². The van der Waals surface area contributed by atoms with E-state index in [0.29, 0.717) is 5.78 Å². The van der Waals surface area contributed by atoms with Gasteiger partial charge in [0.1, 0.15) is 5.78 Å². The normalized spacial score (nSPS) is 24.8. The second-order valence-electron chi connectivity index (χ2n) is 6.86. The van der Waals surface area contributed by atoms with Gasteiger partial charge in [-0.1, -0.05) is 18.2 Å². The number of ketones is 1. The monoisotopic (exact) mass is 263 g/mol. The molecule has 18 heavy (non-hydrogen) atoms. The highest BCUT2D eigenvalue weighted by Gasteiger charge is 2.63. The number of Topliss-reactive ketones (excluding diaryl/α,β-unsaturated/α-hetero) is 1. The molecule has 0 bridgehead atoms. The first kappa shape index (κ1) is 13.7. The van der Waals surface area contributed by atoms with Gasteiger partial charge in [-0.15, -0.1) is 0 Å². The third-order valence-corrected chi connectivity index (χ3v) is 11.4. The molecule has 1 heterocycles. The summed E-state index contributed by atoms with van der Waals surface area (Å²) in [5.74, 6) is 0.429. The van der Waals surface area contributed by atoms with E-state index in [1.807, 2.05) is 0 Å². The van der Waals surface area contributed by atoms with E-state index in [1.165, 1.54) is 5.30 Å². The van der Waals surface area contributed by atoms with Crippen molar-refractivity contribution in [3.63, 3.8) is 0 Å². The Balaban J connectivity index is 2.61. The van der Waals surface area contributed by atoms with Crippen LogP contribution >= 0.6 is 7.26 Å². The Morgan fingerprint density at radius 1 is 0.944 bits per heavy atom. The molecule has 1 fully saturated rings. The quantitative estimate of drug-likeness (QED) is 0.703. The lowest BCUT2D eigenvalue weighted by Gasteiger charge is -2.50. The van der Waals surface area contributed by atoms with Crippen LogP contribution in [0, 0.1) is 0 Å². The molecule has 0 radical (unpaired) electrons. The Morgan fingerprint density at radius 3 is 1.83 bits per heavy atom. The first-order valence-corrected chi connectivity index (χ1v) is 8.88. The SMILES string of the molecule is CC1(C)CC(=O)CC(C)(C)[P+]1(C)c1ccccc1. The van der Waals surface area contributed by atoms with Gasteiger partial charge in [0.2, 0.25) is 0 Å². The van der Waals surface area contributed by atoms with Gasteiger partial charge in [-0.3, -0.25) is 4.79 Å². The topological polar surface area (TPSA) is 17.1 Å². The summed E-state index contributed by atoms with van der Waals surface area (Å²) >= 11 is 0. The molecule has 0 N–H and O–H groups in total. The van der Waals surface area contributed by atoms with E-state index in [1.54, 1.807) is 0 Å². The molecule has 1 aliphatic rings. The number of carbonyl (C=O) groups excluding carboxylic acids is 1. The number of rotatable bonds is 1. The maximum atomic E-state index is 12.0. The number of hydrogen-bond donors (Lipinski definition) is 0. The van der Waals surface area contributed by atoms with Gasteiger partial charge in [-0.05, 0) is 39.8 Å². The molecule has 0 amide bonds. The molecular formula is C16H24OP+. The van der Waals surface area contributed by atoms with Crippen LogP contribution in [-0.2, 0) is 4.79 Å². The molecular weight excluding hydrogens is 239 g/mol. The molecule has 2 rings (SSSR count). The maximum absolute atomic E-state index is 12.0. The molecule has 1 aromatic rings. The van der Waals surface area contributed by atoms with Crippen molar-refractivity contribution < 1.29 is 4.79 Å². The lowest BCUT2D eigenvalue weighted by molar-refractivity contribution is -0.120. The molecule has 0 spiro atoms. The zero-order chi connectivity index (χ0) is 13.6. The highest BCUT2D eigenvalue weighted by molar-refractivity contribution is 7.85. The molecule has 0 saturated carbocycles. The highest BCUT2D eigenvalue weighted by atomic mass is 31.2. The van der Waals surface area contributed by atoms with E-state index in [-0.39, 0.29) is 10.3 Å². The summed E-state index contributed by atoms with van der Waals surface area (Å²) in [5.41, 5.74) is 0. The van der Waals surface area contributed by atoms with Gasteiger partial charge >= 0.3 is 0 Å². The molecule has 1 aromatic carbocycles. The van der Waals surface area contributed by atoms with E-state index >= 15 is 0 Å². The average molecular weight is 263 g/mol. The largest absolute Gasteiger partial charge is 0.299 e. The van der Waals surface area contributed by atoms with Gasteiger partial charge in [0.15, 0.2) is 0 Å². The van der Waals surface area contributed by atoms with Gasteiger partial charge in [-0.2, -0.15) is 0 Å². The zero-order valence-corrected chi connectivity index (χ0v) is 13.1. The Kier molecular flexibility index (Phi) is 3.18. The lowest BCUT2D eigenvalue weighted by atomic mass is 9.96. The molecule has 0 aliphatic carbocycles. The first-order chi connectivity index (χ1) is 8.21. The molecule has 0 aromatic heterocycles. The van der Waals surface area contributed by atoms with Crippen molar-refractivity contribution in [2.24, 2.45) is 0 Å². The van der Waals surface area contributed by atoms with Crippen LogP contribution in [0.3, 0.4) is 0 Å². The third-order valence-electron chi connectivity index (χ3n) is 4.95. The molecule has 0 unspecified atom stereocenters. The molecule has 98 valence electrons. The zero-order valence-electron chi connectivity index (χ0n) is 12.2. The minimum absolute atomic E-state index is 0.104. The van der Waals surface area contributed by atoms with Crippen molar-refractivity contribution in [3.8, 4) is 0 Å². The van der Waals surface area contributed by atoms with Crippen molar-refractivity contribution in [1.82, 2.24) is 0 Å². The van der Waals surface area contributed by atoms with Crippen LogP contribution in [0.4, 0.5) is 0 Å². The fourth-order valence-corrected chi connectivity index (χ4v) is 8.38. The van der Waals surface area contributed by atoms with Gasteiger partial charge in [0.25, 0.3) is 0 Å². The van der Waals surface area contributed by atoms with E-state index < -0.39 is 7.26 Å². The molecule has 1 nitrogen and oxygen atoms in total. The fraction of sp³-hybridized carbons (Fsp3) is 0.562.